The van der Waals surface area contributed by atoms with E-state index in [1.165, 1.54) is 23.1 Å². The molecule has 2 aromatic carbocycles. The van der Waals surface area contributed by atoms with Crippen molar-refractivity contribution in [2.24, 2.45) is 0 Å². The van der Waals surface area contributed by atoms with E-state index in [2.05, 4.69) is 5.32 Å². The van der Waals surface area contributed by atoms with E-state index in [-0.39, 0.29) is 56.8 Å². The van der Waals surface area contributed by atoms with Crippen molar-refractivity contribution in [3.63, 3.8) is 0 Å². The Hall–Kier alpha value is -3.07. The van der Waals surface area contributed by atoms with Crippen molar-refractivity contribution in [3.8, 4) is 0 Å². The fourth-order valence-corrected chi connectivity index (χ4v) is 4.44. The third-order valence-electron chi connectivity index (χ3n) is 6.26. The first kappa shape index (κ1) is 26.0. The van der Waals surface area contributed by atoms with Gasteiger partial charge in [0.05, 0.1) is 0 Å². The second-order valence-corrected chi connectivity index (χ2v) is 8.89. The van der Waals surface area contributed by atoms with Crippen LogP contribution in [-0.2, 0) is 26.9 Å². The molecule has 2 aromatic rings. The van der Waals surface area contributed by atoms with Crippen LogP contribution in [0.25, 0.3) is 0 Å². The van der Waals surface area contributed by atoms with Gasteiger partial charge in [-0.15, -0.1) is 0 Å². The number of piperidine rings is 1. The van der Waals surface area contributed by atoms with E-state index in [1.807, 2.05) is 0 Å². The van der Waals surface area contributed by atoms with Gasteiger partial charge in [0.15, 0.2) is 0 Å². The van der Waals surface area contributed by atoms with Crippen LogP contribution in [0.1, 0.15) is 45.8 Å². The SMILES string of the molecule is [B]c1cc2c(c([B])c1C([B])N([B])C(=O)C(F)(F)c1ccc(Cl)cc1)CN(C1CCC(=O)NC1=O)C2=O. The van der Waals surface area contributed by atoms with Crippen molar-refractivity contribution in [1.29, 1.82) is 0 Å². The monoisotopic (exact) mass is 501 g/mol. The zero-order valence-electron chi connectivity index (χ0n) is 18.6. The molecule has 1 saturated heterocycles. The fraction of sp³-hybridized carbons (Fsp3) is 0.273. The molecule has 14 heteroatoms. The van der Waals surface area contributed by atoms with E-state index in [1.54, 1.807) is 0 Å². The van der Waals surface area contributed by atoms with E-state index in [4.69, 9.17) is 43.1 Å². The van der Waals surface area contributed by atoms with E-state index in [9.17, 15) is 28.0 Å². The summed E-state index contributed by atoms with van der Waals surface area (Å²) < 4.78 is 29.7. The second kappa shape index (κ2) is 9.42. The molecule has 36 heavy (non-hydrogen) atoms. The molecule has 4 rings (SSSR count). The van der Waals surface area contributed by atoms with Crippen molar-refractivity contribution >= 4 is 77.7 Å². The lowest BCUT2D eigenvalue weighted by Gasteiger charge is -2.33. The van der Waals surface area contributed by atoms with Gasteiger partial charge in [-0.3, -0.25) is 24.5 Å². The average Bonchev–Trinajstić information content (AvgIpc) is 3.14. The Morgan fingerprint density at radius 2 is 1.83 bits per heavy atom. The lowest BCUT2D eigenvalue weighted by Crippen LogP contribution is -2.52. The van der Waals surface area contributed by atoms with Gasteiger partial charge in [-0.05, 0) is 29.7 Å². The number of benzene rings is 2. The molecule has 7 nitrogen and oxygen atoms in total. The Kier molecular flexibility index (Phi) is 6.81. The highest BCUT2D eigenvalue weighted by molar-refractivity contribution is 6.43. The second-order valence-electron chi connectivity index (χ2n) is 8.46. The first-order valence-corrected chi connectivity index (χ1v) is 11.1. The minimum atomic E-state index is -4.05. The molecule has 2 heterocycles. The predicted molar refractivity (Wildman–Crippen MR) is 130 cm³/mol. The molecule has 2 atom stereocenters. The minimum Gasteiger partial charge on any atom is -0.393 e. The van der Waals surface area contributed by atoms with Crippen LogP contribution in [0.4, 0.5) is 8.78 Å². The number of carbonyl (C=O) groups excluding carboxylic acids is 4. The number of halogens is 3. The molecule has 4 amide bonds. The third-order valence-corrected chi connectivity index (χ3v) is 6.51. The van der Waals surface area contributed by atoms with Gasteiger partial charge in [-0.25, -0.2) is 0 Å². The number of nitrogens with zero attached hydrogens (tertiary/aromatic N) is 2. The van der Waals surface area contributed by atoms with E-state index >= 15 is 0 Å². The number of nitrogens with one attached hydrogen (secondary N) is 1. The standard InChI is InChI=1S/C22H14B4ClF2N3O4/c23-13-7-11-12(8-31(20(11)35)14-5-6-15(33)30-19(14)34)17(24)16(13)18(25)32(26)21(36)22(28,29)9-1-3-10(27)4-2-9/h1-4,7,14,18H,5-6,8H2,(H,30,33,34). The van der Waals surface area contributed by atoms with Gasteiger partial charge in [0.1, 0.15) is 29.6 Å². The maximum absolute atomic E-state index is 14.9. The van der Waals surface area contributed by atoms with Crippen molar-refractivity contribution < 1.29 is 28.0 Å². The molecule has 0 aliphatic carbocycles. The maximum atomic E-state index is 14.9. The number of imide groups is 1. The molecule has 174 valence electrons. The highest BCUT2D eigenvalue weighted by atomic mass is 35.5. The van der Waals surface area contributed by atoms with Gasteiger partial charge < -0.3 is 9.71 Å². The Bertz CT molecular complexity index is 1300. The third kappa shape index (κ3) is 4.34. The number of hydrogen-bond donors (Lipinski definition) is 1. The first-order valence-electron chi connectivity index (χ1n) is 10.7. The molecule has 0 saturated carbocycles. The predicted octanol–water partition coefficient (Wildman–Crippen LogP) is -0.440. The van der Waals surface area contributed by atoms with Gasteiger partial charge in [-0.2, -0.15) is 8.78 Å². The van der Waals surface area contributed by atoms with Gasteiger partial charge in [0.2, 0.25) is 19.8 Å². The van der Waals surface area contributed by atoms with Crippen LogP contribution in [0.3, 0.4) is 0 Å². The normalized spacial score (nSPS) is 18.6. The molecule has 0 bridgehead atoms. The number of rotatable bonds is 5. The molecular formula is C22H14B4ClF2N3O4. The van der Waals surface area contributed by atoms with E-state index < -0.39 is 47.1 Å². The molecule has 2 aliphatic rings. The fourth-order valence-electron chi connectivity index (χ4n) is 4.31. The smallest absolute Gasteiger partial charge is 0.348 e. The quantitative estimate of drug-likeness (QED) is 0.445. The van der Waals surface area contributed by atoms with E-state index in [0.717, 1.165) is 12.1 Å². The molecule has 0 aromatic heterocycles. The summed E-state index contributed by atoms with van der Waals surface area (Å²) in [6, 6.07) is 4.68. The summed E-state index contributed by atoms with van der Waals surface area (Å²) in [4.78, 5) is 50.7. The van der Waals surface area contributed by atoms with Crippen LogP contribution < -0.4 is 16.2 Å². The first-order chi connectivity index (χ1) is 16.8. The van der Waals surface area contributed by atoms with E-state index in [0.29, 0.717) is 0 Å². The highest BCUT2D eigenvalue weighted by Crippen LogP contribution is 2.33. The summed E-state index contributed by atoms with van der Waals surface area (Å²) in [7, 11) is 24.0. The average molecular weight is 501 g/mol. The summed E-state index contributed by atoms with van der Waals surface area (Å²) in [6.45, 7) is -0.119. The Morgan fingerprint density at radius 1 is 1.19 bits per heavy atom. The molecule has 0 spiro atoms. The molecule has 2 aliphatic heterocycles. The number of amides is 4. The van der Waals surface area contributed by atoms with Crippen LogP contribution in [0.5, 0.6) is 0 Å². The summed E-state index contributed by atoms with van der Waals surface area (Å²) in [5.74, 6) is -9.18. The van der Waals surface area contributed by atoms with Gasteiger partial charge >= 0.3 is 5.92 Å². The Labute approximate surface area is 215 Å². The van der Waals surface area contributed by atoms with Crippen LogP contribution >= 0.6 is 11.6 Å². The number of alkyl halides is 2. The van der Waals surface area contributed by atoms with Crippen molar-refractivity contribution in [2.45, 2.75) is 37.3 Å². The Balaban J connectivity index is 1.63. The van der Waals surface area contributed by atoms with Crippen molar-refractivity contribution in [1.82, 2.24) is 15.0 Å². The van der Waals surface area contributed by atoms with Crippen LogP contribution in [-0.4, -0.2) is 70.9 Å². The summed E-state index contributed by atoms with van der Waals surface area (Å²) in [5.41, 5.74) is -0.731. The lowest BCUT2D eigenvalue weighted by atomic mass is 9.69. The topological polar surface area (TPSA) is 86.8 Å². The largest absolute Gasteiger partial charge is 0.393 e. The number of carbonyl (C=O) groups is 4. The summed E-state index contributed by atoms with van der Waals surface area (Å²) in [6.07, 6.45) is 0.174. The van der Waals surface area contributed by atoms with Crippen molar-refractivity contribution in [2.75, 3.05) is 0 Å². The van der Waals surface area contributed by atoms with Crippen LogP contribution in [0.2, 0.25) is 5.02 Å². The lowest BCUT2D eigenvalue weighted by molar-refractivity contribution is -0.154. The van der Waals surface area contributed by atoms with Gasteiger partial charge in [0, 0.05) is 35.1 Å². The zero-order chi connectivity index (χ0) is 26.5. The van der Waals surface area contributed by atoms with Crippen LogP contribution in [0, 0.1) is 0 Å². The maximum Gasteiger partial charge on any atom is 0.348 e. The Morgan fingerprint density at radius 3 is 2.44 bits per heavy atom. The number of fused-ring (bicyclic) bond motifs is 1. The molecular weight excluding hydrogens is 487 g/mol. The molecule has 8 radical (unpaired) electrons. The number of hydrogen-bond acceptors (Lipinski definition) is 4. The zero-order valence-corrected chi connectivity index (χ0v) is 19.4. The van der Waals surface area contributed by atoms with Crippen molar-refractivity contribution in [3.05, 3.63) is 57.6 Å². The molecule has 2 unspecified atom stereocenters. The highest BCUT2D eigenvalue weighted by Gasteiger charge is 2.44. The summed E-state index contributed by atoms with van der Waals surface area (Å²) in [5, 5.41) is 2.38. The van der Waals surface area contributed by atoms with Gasteiger partial charge in [0.25, 0.3) is 11.8 Å². The minimum absolute atomic E-state index is 0.0519. The van der Waals surface area contributed by atoms with Gasteiger partial charge in [-0.1, -0.05) is 40.7 Å². The summed E-state index contributed by atoms with van der Waals surface area (Å²) >= 11 is 5.72. The molecule has 1 N–H and O–H groups in total. The molecule has 1 fully saturated rings. The van der Waals surface area contributed by atoms with Crippen LogP contribution in [0.15, 0.2) is 30.3 Å².